The van der Waals surface area contributed by atoms with E-state index in [1.54, 1.807) is 12.1 Å². The first-order valence-corrected chi connectivity index (χ1v) is 8.42. The van der Waals surface area contributed by atoms with E-state index in [-0.39, 0.29) is 11.9 Å². The number of hydrogen-bond donors (Lipinski definition) is 1. The third kappa shape index (κ3) is 4.41. The van der Waals surface area contributed by atoms with Crippen LogP contribution in [0.15, 0.2) is 36.4 Å². The zero-order valence-corrected chi connectivity index (χ0v) is 15.0. The maximum absolute atomic E-state index is 13.7. The van der Waals surface area contributed by atoms with Crippen LogP contribution in [0.4, 0.5) is 4.39 Å². The van der Waals surface area contributed by atoms with Crippen LogP contribution in [0.25, 0.3) is 0 Å². The van der Waals surface area contributed by atoms with Gasteiger partial charge >= 0.3 is 0 Å². The molecule has 2 aromatic carbocycles. The van der Waals surface area contributed by atoms with Crippen LogP contribution in [0.3, 0.4) is 0 Å². The number of aryl methyl sites for hydroxylation is 1. The number of nitrogens with one attached hydrogen (secondary N) is 1. The van der Waals surface area contributed by atoms with Gasteiger partial charge in [-0.25, -0.2) is 4.39 Å². The maximum atomic E-state index is 13.7. The van der Waals surface area contributed by atoms with Gasteiger partial charge in [-0.1, -0.05) is 30.7 Å². The molecule has 0 heterocycles. The molecule has 0 saturated heterocycles. The largest absolute Gasteiger partial charge is 0.306 e. The van der Waals surface area contributed by atoms with Gasteiger partial charge in [0, 0.05) is 3.57 Å². The highest BCUT2D eigenvalue weighted by atomic mass is 127. The molecule has 0 aliphatic rings. The van der Waals surface area contributed by atoms with Crippen molar-refractivity contribution in [3.63, 3.8) is 0 Å². The molecule has 1 unspecified atom stereocenters. The lowest BCUT2D eigenvalue weighted by atomic mass is 9.97. The first-order valence-electron chi connectivity index (χ1n) is 6.96. The van der Waals surface area contributed by atoms with Gasteiger partial charge < -0.3 is 5.32 Å². The fourth-order valence-corrected chi connectivity index (χ4v) is 2.86. The van der Waals surface area contributed by atoms with Gasteiger partial charge in [0.15, 0.2) is 0 Å². The Morgan fingerprint density at radius 2 is 1.95 bits per heavy atom. The Morgan fingerprint density at radius 1 is 1.19 bits per heavy atom. The molecular weight excluding hydrogens is 400 g/mol. The van der Waals surface area contributed by atoms with Gasteiger partial charge in [0.25, 0.3) is 0 Å². The van der Waals surface area contributed by atoms with E-state index in [0.29, 0.717) is 0 Å². The molecule has 0 aliphatic heterocycles. The van der Waals surface area contributed by atoms with E-state index >= 15 is 0 Å². The SMILES string of the molecule is CCCNC(c1cc(C)cc(F)c1)c1ccc(I)c(Cl)c1. The van der Waals surface area contributed by atoms with E-state index in [1.165, 1.54) is 0 Å². The molecule has 0 aliphatic carbocycles. The third-order valence-corrected chi connectivity index (χ3v) is 4.85. The van der Waals surface area contributed by atoms with Crippen LogP contribution in [0, 0.1) is 16.3 Å². The molecule has 0 fully saturated rings. The minimum absolute atomic E-state index is 0.0474. The topological polar surface area (TPSA) is 12.0 Å². The lowest BCUT2D eigenvalue weighted by Gasteiger charge is -2.21. The summed E-state index contributed by atoms with van der Waals surface area (Å²) in [7, 11) is 0. The Hall–Kier alpha value is -0.650. The summed E-state index contributed by atoms with van der Waals surface area (Å²) in [5.41, 5.74) is 2.90. The highest BCUT2D eigenvalue weighted by Crippen LogP contribution is 2.28. The average Bonchev–Trinajstić information content (AvgIpc) is 2.42. The predicted octanol–water partition coefficient (Wildman–Crippen LogP) is 5.48. The summed E-state index contributed by atoms with van der Waals surface area (Å²) in [4.78, 5) is 0. The molecule has 0 spiro atoms. The van der Waals surface area contributed by atoms with Crippen LogP contribution in [0.2, 0.25) is 5.02 Å². The minimum Gasteiger partial charge on any atom is -0.306 e. The first-order chi connectivity index (χ1) is 10.0. The van der Waals surface area contributed by atoms with Gasteiger partial charge in [0.2, 0.25) is 0 Å². The highest BCUT2D eigenvalue weighted by Gasteiger charge is 2.15. The molecule has 1 N–H and O–H groups in total. The summed E-state index contributed by atoms with van der Waals surface area (Å²) in [6, 6.07) is 11.1. The molecule has 0 bridgehead atoms. The van der Waals surface area contributed by atoms with Crippen molar-refractivity contribution in [1.82, 2.24) is 5.32 Å². The molecule has 0 aromatic heterocycles. The second-order valence-electron chi connectivity index (χ2n) is 5.12. The van der Waals surface area contributed by atoms with Crippen molar-refractivity contribution in [3.8, 4) is 0 Å². The molecule has 2 rings (SSSR count). The maximum Gasteiger partial charge on any atom is 0.123 e. The number of hydrogen-bond acceptors (Lipinski definition) is 1. The monoisotopic (exact) mass is 417 g/mol. The van der Waals surface area contributed by atoms with Crippen molar-refractivity contribution in [2.45, 2.75) is 26.3 Å². The lowest BCUT2D eigenvalue weighted by molar-refractivity contribution is 0.584. The predicted molar refractivity (Wildman–Crippen MR) is 95.4 cm³/mol. The normalized spacial score (nSPS) is 12.4. The molecule has 1 atom stereocenters. The molecule has 1 nitrogen and oxygen atoms in total. The van der Waals surface area contributed by atoms with E-state index in [2.05, 4.69) is 34.8 Å². The van der Waals surface area contributed by atoms with E-state index < -0.39 is 0 Å². The van der Waals surface area contributed by atoms with E-state index in [0.717, 1.165) is 38.2 Å². The van der Waals surface area contributed by atoms with Gasteiger partial charge in [0.05, 0.1) is 11.1 Å². The summed E-state index contributed by atoms with van der Waals surface area (Å²) in [5.74, 6) is -0.204. The number of halogens is 3. The molecule has 0 saturated carbocycles. The Bertz CT molecular complexity index is 610. The van der Waals surface area contributed by atoms with Gasteiger partial charge in [-0.05, 0) is 83.4 Å². The quantitative estimate of drug-likeness (QED) is 0.635. The Balaban J connectivity index is 2.43. The fraction of sp³-hybridized carbons (Fsp3) is 0.294. The van der Waals surface area contributed by atoms with Crippen LogP contribution in [0.5, 0.6) is 0 Å². The van der Waals surface area contributed by atoms with Gasteiger partial charge in [0.1, 0.15) is 5.82 Å². The zero-order chi connectivity index (χ0) is 15.4. The molecule has 21 heavy (non-hydrogen) atoms. The third-order valence-electron chi connectivity index (χ3n) is 3.27. The summed E-state index contributed by atoms with van der Waals surface area (Å²) >= 11 is 8.44. The lowest BCUT2D eigenvalue weighted by Crippen LogP contribution is -2.23. The summed E-state index contributed by atoms with van der Waals surface area (Å²) < 4.78 is 14.7. The summed E-state index contributed by atoms with van der Waals surface area (Å²) in [6.45, 7) is 4.88. The molecule has 0 radical (unpaired) electrons. The van der Waals surface area contributed by atoms with E-state index in [4.69, 9.17) is 11.6 Å². The molecular formula is C17H18ClFIN. The Labute approximate surface area is 144 Å². The minimum atomic E-state index is -0.204. The first kappa shape index (κ1) is 16.7. The van der Waals surface area contributed by atoms with E-state index in [9.17, 15) is 4.39 Å². The van der Waals surface area contributed by atoms with Gasteiger partial charge in [-0.15, -0.1) is 0 Å². The van der Waals surface area contributed by atoms with Crippen molar-refractivity contribution >= 4 is 34.2 Å². The molecule has 112 valence electrons. The van der Waals surface area contributed by atoms with Gasteiger partial charge in [-0.3, -0.25) is 0 Å². The van der Waals surface area contributed by atoms with Crippen molar-refractivity contribution < 1.29 is 4.39 Å². The van der Waals surface area contributed by atoms with Crippen LogP contribution in [-0.4, -0.2) is 6.54 Å². The van der Waals surface area contributed by atoms with Gasteiger partial charge in [-0.2, -0.15) is 0 Å². The van der Waals surface area contributed by atoms with Crippen molar-refractivity contribution in [1.29, 1.82) is 0 Å². The highest BCUT2D eigenvalue weighted by molar-refractivity contribution is 14.1. The number of rotatable bonds is 5. The van der Waals surface area contributed by atoms with Crippen LogP contribution in [-0.2, 0) is 0 Å². The molecule has 0 amide bonds. The van der Waals surface area contributed by atoms with Crippen molar-refractivity contribution in [2.75, 3.05) is 6.54 Å². The number of benzene rings is 2. The van der Waals surface area contributed by atoms with Crippen molar-refractivity contribution in [2.24, 2.45) is 0 Å². The van der Waals surface area contributed by atoms with Crippen LogP contribution in [0.1, 0.15) is 36.1 Å². The molecule has 2 aromatic rings. The van der Waals surface area contributed by atoms with Crippen molar-refractivity contribution in [3.05, 3.63) is 67.5 Å². The average molecular weight is 418 g/mol. The Kier molecular flexibility index (Phi) is 6.02. The summed E-state index contributed by atoms with van der Waals surface area (Å²) in [6.07, 6.45) is 1.02. The fourth-order valence-electron chi connectivity index (χ4n) is 2.34. The second-order valence-corrected chi connectivity index (χ2v) is 6.69. The smallest absolute Gasteiger partial charge is 0.123 e. The standard InChI is InChI=1S/C17H18ClFIN/c1-3-6-21-17(12-4-5-16(20)15(18)10-12)13-7-11(2)8-14(19)9-13/h4-5,7-10,17,21H,3,6H2,1-2H3. The zero-order valence-electron chi connectivity index (χ0n) is 12.1. The Morgan fingerprint density at radius 3 is 2.57 bits per heavy atom. The summed E-state index contributed by atoms with van der Waals surface area (Å²) in [5, 5.41) is 4.20. The molecule has 4 heteroatoms. The van der Waals surface area contributed by atoms with Crippen LogP contribution < -0.4 is 5.32 Å². The second kappa shape index (κ2) is 7.56. The van der Waals surface area contributed by atoms with Crippen LogP contribution >= 0.6 is 34.2 Å². The van der Waals surface area contributed by atoms with E-state index in [1.807, 2.05) is 31.2 Å².